The van der Waals surface area contributed by atoms with Gasteiger partial charge in [-0.15, -0.1) is 16.4 Å². The van der Waals surface area contributed by atoms with E-state index in [1.807, 2.05) is 60.0 Å². The molecule has 0 bridgehead atoms. The first kappa shape index (κ1) is 17.0. The Balaban J connectivity index is 1.27. The maximum atomic E-state index is 12.3. The first-order valence-electron chi connectivity index (χ1n) is 8.56. The average Bonchev–Trinajstić information content (AvgIpc) is 3.45. The Hall–Kier alpha value is -3.10. The number of aromatic amines is 1. The van der Waals surface area contributed by atoms with Gasteiger partial charge < -0.3 is 9.73 Å². The molecule has 3 aromatic heterocycles. The van der Waals surface area contributed by atoms with E-state index in [0.29, 0.717) is 5.16 Å². The molecule has 138 valence electrons. The van der Waals surface area contributed by atoms with Crippen LogP contribution in [0.25, 0.3) is 32.6 Å². The lowest BCUT2D eigenvalue weighted by Gasteiger charge is -2.04. The van der Waals surface area contributed by atoms with Gasteiger partial charge in [0.15, 0.2) is 5.82 Å². The number of carbonyl (C=O) groups is 1. The first-order chi connectivity index (χ1) is 13.8. The number of para-hydroxylation sites is 1. The van der Waals surface area contributed by atoms with Crippen molar-refractivity contribution in [3.05, 3.63) is 60.0 Å². The average molecular weight is 406 g/mol. The third-order valence-electron chi connectivity index (χ3n) is 4.21. The van der Waals surface area contributed by atoms with Crippen LogP contribution in [0.1, 0.15) is 0 Å². The quantitative estimate of drug-likeness (QED) is 0.394. The molecule has 0 spiro atoms. The summed E-state index contributed by atoms with van der Waals surface area (Å²) < 4.78 is 5.81. The molecule has 0 fully saturated rings. The van der Waals surface area contributed by atoms with E-state index < -0.39 is 0 Å². The van der Waals surface area contributed by atoms with Crippen molar-refractivity contribution in [2.24, 2.45) is 0 Å². The second-order valence-electron chi connectivity index (χ2n) is 6.09. The molecule has 0 saturated carbocycles. The third kappa shape index (κ3) is 3.28. The van der Waals surface area contributed by atoms with Crippen LogP contribution in [0.15, 0.2) is 69.6 Å². The van der Waals surface area contributed by atoms with Gasteiger partial charge in [-0.3, -0.25) is 9.89 Å². The number of aromatic nitrogens is 3. The summed E-state index contributed by atoms with van der Waals surface area (Å²) in [6.07, 6.45) is 0. The highest BCUT2D eigenvalue weighted by atomic mass is 32.2. The number of thiophene rings is 1. The van der Waals surface area contributed by atoms with Gasteiger partial charge in [0.1, 0.15) is 11.2 Å². The van der Waals surface area contributed by atoms with Crippen LogP contribution in [0.2, 0.25) is 0 Å². The van der Waals surface area contributed by atoms with E-state index in [1.165, 1.54) is 11.8 Å². The lowest BCUT2D eigenvalue weighted by atomic mass is 10.1. The topological polar surface area (TPSA) is 83.8 Å². The number of hydrogen-bond donors (Lipinski definition) is 2. The minimum atomic E-state index is -0.111. The number of rotatable bonds is 5. The summed E-state index contributed by atoms with van der Waals surface area (Å²) >= 11 is 2.88. The Morgan fingerprint density at radius 3 is 2.89 bits per heavy atom. The van der Waals surface area contributed by atoms with Gasteiger partial charge in [-0.1, -0.05) is 36.0 Å². The van der Waals surface area contributed by atoms with Crippen molar-refractivity contribution in [1.29, 1.82) is 0 Å². The van der Waals surface area contributed by atoms with Gasteiger partial charge in [0.05, 0.1) is 10.6 Å². The van der Waals surface area contributed by atoms with E-state index in [-0.39, 0.29) is 11.7 Å². The Morgan fingerprint density at radius 1 is 1.11 bits per heavy atom. The van der Waals surface area contributed by atoms with Crippen LogP contribution in [-0.4, -0.2) is 26.8 Å². The normalized spacial score (nSPS) is 11.3. The molecule has 5 rings (SSSR count). The van der Waals surface area contributed by atoms with Gasteiger partial charge in [-0.05, 0) is 35.7 Å². The summed E-state index contributed by atoms with van der Waals surface area (Å²) in [4.78, 5) is 17.8. The summed E-state index contributed by atoms with van der Waals surface area (Å²) in [5, 5.41) is 14.5. The maximum Gasteiger partial charge on any atom is 0.234 e. The molecular formula is C20H14N4O2S2. The molecule has 3 heterocycles. The molecule has 0 radical (unpaired) electrons. The Kier molecular flexibility index (Phi) is 4.34. The van der Waals surface area contributed by atoms with E-state index in [4.69, 9.17) is 4.42 Å². The zero-order chi connectivity index (χ0) is 18.9. The number of furan rings is 1. The van der Waals surface area contributed by atoms with Gasteiger partial charge in [0.2, 0.25) is 11.1 Å². The van der Waals surface area contributed by atoms with Crippen molar-refractivity contribution >= 4 is 56.6 Å². The van der Waals surface area contributed by atoms with Crippen LogP contribution in [-0.2, 0) is 4.79 Å². The molecule has 6 nitrogen and oxygen atoms in total. The summed E-state index contributed by atoms with van der Waals surface area (Å²) in [7, 11) is 0. The molecule has 0 atom stereocenters. The van der Waals surface area contributed by atoms with Crippen molar-refractivity contribution in [3.63, 3.8) is 0 Å². The van der Waals surface area contributed by atoms with E-state index in [2.05, 4.69) is 20.5 Å². The number of H-pyrrole nitrogens is 1. The van der Waals surface area contributed by atoms with Gasteiger partial charge in [0.25, 0.3) is 0 Å². The molecule has 28 heavy (non-hydrogen) atoms. The molecule has 0 aliphatic rings. The van der Waals surface area contributed by atoms with Crippen LogP contribution in [0, 0.1) is 0 Å². The van der Waals surface area contributed by atoms with Gasteiger partial charge >= 0.3 is 0 Å². The molecule has 0 aliphatic carbocycles. The monoisotopic (exact) mass is 406 g/mol. The number of amides is 1. The molecule has 5 aromatic rings. The van der Waals surface area contributed by atoms with Gasteiger partial charge in [-0.25, -0.2) is 4.98 Å². The predicted octanol–water partition coefficient (Wildman–Crippen LogP) is 5.16. The minimum Gasteiger partial charge on any atom is -0.456 e. The fraction of sp³-hybridized carbons (Fsp3) is 0.0500. The molecule has 0 aliphatic heterocycles. The number of nitrogens with one attached hydrogen (secondary N) is 2. The number of fused-ring (bicyclic) bond motifs is 3. The molecule has 0 saturated heterocycles. The second-order valence-corrected chi connectivity index (χ2v) is 7.98. The van der Waals surface area contributed by atoms with Crippen LogP contribution >= 0.6 is 23.1 Å². The van der Waals surface area contributed by atoms with Crippen LogP contribution in [0.3, 0.4) is 0 Å². The Morgan fingerprint density at radius 2 is 2.00 bits per heavy atom. The molecule has 2 aromatic carbocycles. The predicted molar refractivity (Wildman–Crippen MR) is 113 cm³/mol. The van der Waals surface area contributed by atoms with E-state index >= 15 is 0 Å². The first-order valence-corrected chi connectivity index (χ1v) is 10.4. The van der Waals surface area contributed by atoms with Crippen molar-refractivity contribution in [2.75, 3.05) is 11.1 Å². The number of anilines is 1. The number of nitrogens with zero attached hydrogens (tertiary/aromatic N) is 2. The van der Waals surface area contributed by atoms with E-state index in [9.17, 15) is 4.79 Å². The highest BCUT2D eigenvalue weighted by Gasteiger charge is 2.11. The molecule has 1 amide bonds. The van der Waals surface area contributed by atoms with Crippen LogP contribution in [0.4, 0.5) is 5.69 Å². The molecule has 2 N–H and O–H groups in total. The number of carbonyl (C=O) groups excluding carboxylic acids is 1. The summed E-state index contributed by atoms with van der Waals surface area (Å²) in [5.74, 6) is 0.834. The zero-order valence-corrected chi connectivity index (χ0v) is 16.1. The van der Waals surface area contributed by atoms with Crippen LogP contribution < -0.4 is 5.32 Å². The molecule has 8 heteroatoms. The lowest BCUT2D eigenvalue weighted by Crippen LogP contribution is -2.14. The fourth-order valence-electron chi connectivity index (χ4n) is 2.97. The summed E-state index contributed by atoms with van der Waals surface area (Å²) in [5.41, 5.74) is 2.37. The van der Waals surface area contributed by atoms with Crippen molar-refractivity contribution < 1.29 is 9.21 Å². The van der Waals surface area contributed by atoms with Crippen molar-refractivity contribution in [2.45, 2.75) is 5.16 Å². The summed E-state index contributed by atoms with van der Waals surface area (Å²) in [6, 6.07) is 17.5. The standard InChI is InChI=1S/C20H14N4O2S2/c25-18(11-28-20-22-19(23-24-20)17-6-3-9-27-17)21-12-7-8-16-14(10-12)13-4-1-2-5-15(13)26-16/h1-10H,11H2,(H,21,25)(H,22,23,24). The van der Waals surface area contributed by atoms with Crippen molar-refractivity contribution in [1.82, 2.24) is 15.2 Å². The lowest BCUT2D eigenvalue weighted by molar-refractivity contribution is -0.113. The highest BCUT2D eigenvalue weighted by Crippen LogP contribution is 2.30. The van der Waals surface area contributed by atoms with E-state index in [0.717, 1.165) is 38.3 Å². The van der Waals surface area contributed by atoms with Gasteiger partial charge in [0, 0.05) is 16.5 Å². The largest absolute Gasteiger partial charge is 0.456 e. The highest BCUT2D eigenvalue weighted by molar-refractivity contribution is 7.99. The summed E-state index contributed by atoms with van der Waals surface area (Å²) in [6.45, 7) is 0. The fourth-order valence-corrected chi connectivity index (χ4v) is 4.23. The zero-order valence-electron chi connectivity index (χ0n) is 14.5. The number of hydrogen-bond acceptors (Lipinski definition) is 6. The van der Waals surface area contributed by atoms with Gasteiger partial charge in [-0.2, -0.15) is 0 Å². The smallest absolute Gasteiger partial charge is 0.234 e. The third-order valence-corrected chi connectivity index (χ3v) is 5.94. The van der Waals surface area contributed by atoms with Crippen molar-refractivity contribution in [3.8, 4) is 10.7 Å². The SMILES string of the molecule is O=C(CSc1n[nH]c(-c2cccs2)n1)Nc1ccc2oc3ccccc3c2c1. The Bertz CT molecular complexity index is 1270. The molecule has 0 unspecified atom stereocenters. The van der Waals surface area contributed by atoms with E-state index in [1.54, 1.807) is 11.3 Å². The minimum absolute atomic E-state index is 0.111. The Labute approximate surface area is 168 Å². The number of benzene rings is 2. The van der Waals surface area contributed by atoms with Crippen LogP contribution in [0.5, 0.6) is 0 Å². The second kappa shape index (κ2) is 7.14. The molecular weight excluding hydrogens is 392 g/mol. The maximum absolute atomic E-state index is 12.3. The number of thioether (sulfide) groups is 1.